The smallest absolute Gasteiger partial charge is 0.335 e. The van der Waals surface area contributed by atoms with Crippen molar-refractivity contribution in [2.45, 2.75) is 52.7 Å². The second-order valence-corrected chi connectivity index (χ2v) is 6.30. The molecule has 0 radical (unpaired) electrons. The Bertz CT molecular complexity index is 471. The van der Waals surface area contributed by atoms with Crippen LogP contribution >= 0.6 is 0 Å². The van der Waals surface area contributed by atoms with Gasteiger partial charge >= 0.3 is 5.97 Å². The Kier molecular flexibility index (Phi) is 4.81. The van der Waals surface area contributed by atoms with Gasteiger partial charge in [0.05, 0.1) is 18.3 Å². The fourth-order valence-corrected chi connectivity index (χ4v) is 3.21. The van der Waals surface area contributed by atoms with Gasteiger partial charge in [-0.3, -0.25) is 0 Å². The van der Waals surface area contributed by atoms with E-state index < -0.39 is 5.97 Å². The molecule has 0 amide bonds. The Balaban J connectivity index is 1.95. The second kappa shape index (κ2) is 6.40. The van der Waals surface area contributed by atoms with E-state index in [0.717, 1.165) is 35.8 Å². The third kappa shape index (κ3) is 3.83. The van der Waals surface area contributed by atoms with Gasteiger partial charge in [-0.15, -0.1) is 0 Å². The van der Waals surface area contributed by atoms with Crippen LogP contribution in [-0.4, -0.2) is 17.2 Å². The van der Waals surface area contributed by atoms with E-state index >= 15 is 0 Å². The first-order valence-corrected chi connectivity index (χ1v) is 7.40. The average molecular weight is 276 g/mol. The van der Waals surface area contributed by atoms with E-state index in [1.165, 1.54) is 6.42 Å². The minimum Gasteiger partial charge on any atom is -0.478 e. The number of rotatable bonds is 4. The predicted molar refractivity (Wildman–Crippen MR) is 78.9 cm³/mol. The molecule has 2 unspecified atom stereocenters. The SMILES string of the molecule is Cc1cc(C(=O)O)ccc1COC1CC(C)CC(C)C1. The largest absolute Gasteiger partial charge is 0.478 e. The molecule has 2 atom stereocenters. The van der Waals surface area contributed by atoms with E-state index in [2.05, 4.69) is 13.8 Å². The van der Waals surface area contributed by atoms with Gasteiger partial charge in [0.25, 0.3) is 0 Å². The topological polar surface area (TPSA) is 46.5 Å². The highest BCUT2D eigenvalue weighted by molar-refractivity contribution is 5.87. The van der Waals surface area contributed by atoms with Crippen LogP contribution in [0.4, 0.5) is 0 Å². The van der Waals surface area contributed by atoms with Crippen molar-refractivity contribution in [3.63, 3.8) is 0 Å². The first-order chi connectivity index (χ1) is 9.45. The first kappa shape index (κ1) is 15.0. The van der Waals surface area contributed by atoms with Crippen molar-refractivity contribution in [1.82, 2.24) is 0 Å². The maximum Gasteiger partial charge on any atom is 0.335 e. The molecule has 1 fully saturated rings. The third-order valence-electron chi connectivity index (χ3n) is 4.20. The summed E-state index contributed by atoms with van der Waals surface area (Å²) in [6.07, 6.45) is 3.91. The highest BCUT2D eigenvalue weighted by Gasteiger charge is 2.24. The number of carbonyl (C=O) groups is 1. The molecule has 3 nitrogen and oxygen atoms in total. The van der Waals surface area contributed by atoms with Crippen LogP contribution in [0.25, 0.3) is 0 Å². The summed E-state index contributed by atoms with van der Waals surface area (Å²) in [5, 5.41) is 8.96. The Labute approximate surface area is 121 Å². The monoisotopic (exact) mass is 276 g/mol. The summed E-state index contributed by atoms with van der Waals surface area (Å²) in [4.78, 5) is 10.9. The van der Waals surface area contributed by atoms with Gasteiger partial charge in [-0.25, -0.2) is 4.79 Å². The molecule has 0 spiro atoms. The number of aryl methyl sites for hydroxylation is 1. The lowest BCUT2D eigenvalue weighted by atomic mass is 9.82. The van der Waals surface area contributed by atoms with Crippen molar-refractivity contribution < 1.29 is 14.6 Å². The number of hydrogen-bond acceptors (Lipinski definition) is 2. The summed E-state index contributed by atoms with van der Waals surface area (Å²) in [5.41, 5.74) is 2.41. The van der Waals surface area contributed by atoms with Crippen molar-refractivity contribution in [3.8, 4) is 0 Å². The Morgan fingerprint density at radius 2 is 1.90 bits per heavy atom. The molecule has 1 aromatic rings. The van der Waals surface area contributed by atoms with Crippen LogP contribution in [0.5, 0.6) is 0 Å². The molecule has 2 rings (SSSR count). The standard InChI is InChI=1S/C17H24O3/c1-11-6-12(2)8-16(7-11)20-10-15-5-4-14(17(18)19)9-13(15)3/h4-5,9,11-12,16H,6-8,10H2,1-3H3,(H,18,19). The fourth-order valence-electron chi connectivity index (χ4n) is 3.21. The molecule has 3 heteroatoms. The summed E-state index contributed by atoms with van der Waals surface area (Å²) in [6.45, 7) is 7.10. The molecular weight excluding hydrogens is 252 g/mol. The van der Waals surface area contributed by atoms with Gasteiger partial charge in [0.2, 0.25) is 0 Å². The number of ether oxygens (including phenoxy) is 1. The summed E-state index contributed by atoms with van der Waals surface area (Å²) >= 11 is 0. The van der Waals surface area contributed by atoms with Crippen LogP contribution < -0.4 is 0 Å². The van der Waals surface area contributed by atoms with E-state index in [1.54, 1.807) is 12.1 Å². The van der Waals surface area contributed by atoms with Gasteiger partial charge in [0, 0.05) is 0 Å². The van der Waals surface area contributed by atoms with Crippen LogP contribution in [0.1, 0.15) is 54.6 Å². The lowest BCUT2D eigenvalue weighted by Crippen LogP contribution is -2.26. The van der Waals surface area contributed by atoms with Crippen molar-refractivity contribution in [1.29, 1.82) is 0 Å². The molecule has 20 heavy (non-hydrogen) atoms. The molecule has 1 saturated carbocycles. The van der Waals surface area contributed by atoms with Gasteiger partial charge in [0.1, 0.15) is 0 Å². The van der Waals surface area contributed by atoms with Crippen LogP contribution in [0.2, 0.25) is 0 Å². The molecule has 1 N–H and O–H groups in total. The lowest BCUT2D eigenvalue weighted by Gasteiger charge is -2.31. The zero-order valence-electron chi connectivity index (χ0n) is 12.6. The number of hydrogen-bond donors (Lipinski definition) is 1. The van der Waals surface area contributed by atoms with Gasteiger partial charge < -0.3 is 9.84 Å². The molecule has 110 valence electrons. The zero-order valence-corrected chi connectivity index (χ0v) is 12.6. The van der Waals surface area contributed by atoms with Gasteiger partial charge in [-0.2, -0.15) is 0 Å². The molecule has 0 heterocycles. The first-order valence-electron chi connectivity index (χ1n) is 7.40. The Morgan fingerprint density at radius 1 is 1.25 bits per heavy atom. The van der Waals surface area contributed by atoms with Crippen molar-refractivity contribution >= 4 is 5.97 Å². The highest BCUT2D eigenvalue weighted by atomic mass is 16.5. The third-order valence-corrected chi connectivity index (χ3v) is 4.20. The van der Waals surface area contributed by atoms with Crippen molar-refractivity contribution in [2.75, 3.05) is 0 Å². The van der Waals surface area contributed by atoms with Crippen molar-refractivity contribution in [3.05, 3.63) is 34.9 Å². The quantitative estimate of drug-likeness (QED) is 0.903. The van der Waals surface area contributed by atoms with Gasteiger partial charge in [0.15, 0.2) is 0 Å². The molecule has 0 saturated heterocycles. The number of benzene rings is 1. The highest BCUT2D eigenvalue weighted by Crippen LogP contribution is 2.31. The van der Waals surface area contributed by atoms with Gasteiger partial charge in [-0.1, -0.05) is 19.9 Å². The Hall–Kier alpha value is -1.35. The minimum absolute atomic E-state index is 0.339. The Morgan fingerprint density at radius 3 is 2.45 bits per heavy atom. The maximum absolute atomic E-state index is 10.9. The molecule has 1 aromatic carbocycles. The molecule has 0 aromatic heterocycles. The normalized spacial score (nSPS) is 26.4. The van der Waals surface area contributed by atoms with Gasteiger partial charge in [-0.05, 0) is 61.3 Å². The molecule has 1 aliphatic carbocycles. The predicted octanol–water partition coefficient (Wildman–Crippen LogP) is 4.03. The summed E-state index contributed by atoms with van der Waals surface area (Å²) in [7, 11) is 0. The number of carboxylic acid groups (broad SMARTS) is 1. The summed E-state index contributed by atoms with van der Waals surface area (Å²) in [5.74, 6) is 0.592. The second-order valence-electron chi connectivity index (χ2n) is 6.30. The lowest BCUT2D eigenvalue weighted by molar-refractivity contribution is -0.00934. The average Bonchev–Trinajstić information content (AvgIpc) is 2.36. The summed E-state index contributed by atoms with van der Waals surface area (Å²) in [6, 6.07) is 5.24. The number of carboxylic acids is 1. The molecule has 1 aliphatic rings. The van der Waals surface area contributed by atoms with E-state index in [9.17, 15) is 4.79 Å². The maximum atomic E-state index is 10.9. The fraction of sp³-hybridized carbons (Fsp3) is 0.588. The van der Waals surface area contributed by atoms with Crippen LogP contribution in [0.15, 0.2) is 18.2 Å². The van der Waals surface area contributed by atoms with E-state index in [-0.39, 0.29) is 0 Å². The molecule has 0 aliphatic heterocycles. The van der Waals surface area contributed by atoms with Crippen molar-refractivity contribution in [2.24, 2.45) is 11.8 Å². The van der Waals surface area contributed by atoms with E-state index in [4.69, 9.17) is 9.84 Å². The van der Waals surface area contributed by atoms with Crippen LogP contribution in [-0.2, 0) is 11.3 Å². The number of aromatic carboxylic acids is 1. The van der Waals surface area contributed by atoms with Crippen LogP contribution in [0.3, 0.4) is 0 Å². The van der Waals surface area contributed by atoms with E-state index in [1.807, 2.05) is 13.0 Å². The molecular formula is C17H24O3. The minimum atomic E-state index is -0.879. The van der Waals surface area contributed by atoms with E-state index in [0.29, 0.717) is 18.3 Å². The molecule has 0 bridgehead atoms. The van der Waals surface area contributed by atoms with Crippen LogP contribution in [0, 0.1) is 18.8 Å². The summed E-state index contributed by atoms with van der Waals surface area (Å²) < 4.78 is 6.04. The zero-order chi connectivity index (χ0) is 14.7.